The Morgan fingerprint density at radius 2 is 2.24 bits per heavy atom. The van der Waals surface area contributed by atoms with E-state index in [1.54, 1.807) is 0 Å². The Labute approximate surface area is 102 Å². The minimum atomic E-state index is -0.138. The van der Waals surface area contributed by atoms with E-state index in [0.717, 1.165) is 25.7 Å². The lowest BCUT2D eigenvalue weighted by atomic mass is 9.94. The van der Waals surface area contributed by atoms with Crippen LogP contribution in [0, 0.1) is 0 Å². The molecular weight excluding hydrogens is 218 g/mol. The van der Waals surface area contributed by atoms with E-state index in [4.69, 9.17) is 4.74 Å². The summed E-state index contributed by atoms with van der Waals surface area (Å²) in [6.45, 7) is 2.26. The van der Waals surface area contributed by atoms with Crippen molar-refractivity contribution < 1.29 is 14.3 Å². The third-order valence-corrected chi connectivity index (χ3v) is 3.83. The van der Waals surface area contributed by atoms with E-state index in [2.05, 4.69) is 0 Å². The molecule has 0 aliphatic carbocycles. The molecule has 2 atom stereocenters. The first-order valence-corrected chi connectivity index (χ1v) is 6.69. The van der Waals surface area contributed by atoms with Gasteiger partial charge in [-0.25, -0.2) is 0 Å². The third-order valence-electron chi connectivity index (χ3n) is 3.83. The van der Waals surface area contributed by atoms with Gasteiger partial charge in [-0.1, -0.05) is 0 Å². The number of ether oxygens (including phenoxy) is 1. The Morgan fingerprint density at radius 3 is 3.00 bits per heavy atom. The minimum Gasteiger partial charge on any atom is -0.466 e. The van der Waals surface area contributed by atoms with Crippen molar-refractivity contribution in [3.63, 3.8) is 0 Å². The maximum absolute atomic E-state index is 11.8. The molecule has 2 unspecified atom stereocenters. The summed E-state index contributed by atoms with van der Waals surface area (Å²) in [5.74, 6) is 0.143. The first-order chi connectivity index (χ1) is 8.22. The molecule has 2 fully saturated rings. The predicted molar refractivity (Wildman–Crippen MR) is 63.4 cm³/mol. The van der Waals surface area contributed by atoms with Crippen molar-refractivity contribution >= 4 is 11.9 Å². The highest BCUT2D eigenvalue weighted by Gasteiger charge is 2.38. The fourth-order valence-electron chi connectivity index (χ4n) is 3.08. The van der Waals surface area contributed by atoms with Crippen LogP contribution in [0.3, 0.4) is 0 Å². The van der Waals surface area contributed by atoms with Crippen LogP contribution >= 0.6 is 0 Å². The molecule has 4 heteroatoms. The molecule has 2 saturated heterocycles. The largest absolute Gasteiger partial charge is 0.466 e. The number of carbonyl (C=O) groups is 2. The highest BCUT2D eigenvalue weighted by Crippen LogP contribution is 2.33. The van der Waals surface area contributed by atoms with Crippen LogP contribution in [0.5, 0.6) is 0 Å². The summed E-state index contributed by atoms with van der Waals surface area (Å²) in [5, 5.41) is 0. The van der Waals surface area contributed by atoms with E-state index < -0.39 is 0 Å². The van der Waals surface area contributed by atoms with Crippen LogP contribution in [0.25, 0.3) is 0 Å². The van der Waals surface area contributed by atoms with Gasteiger partial charge in [-0.05, 0) is 39.0 Å². The lowest BCUT2D eigenvalue weighted by Crippen LogP contribution is -2.45. The molecule has 2 aliphatic heterocycles. The summed E-state index contributed by atoms with van der Waals surface area (Å²) in [6.07, 6.45) is 6.27. The molecule has 2 heterocycles. The Hall–Kier alpha value is -1.06. The van der Waals surface area contributed by atoms with Crippen LogP contribution < -0.4 is 0 Å². The normalized spacial score (nSPS) is 28.1. The Kier molecular flexibility index (Phi) is 4.02. The summed E-state index contributed by atoms with van der Waals surface area (Å²) >= 11 is 0. The summed E-state index contributed by atoms with van der Waals surface area (Å²) in [4.78, 5) is 25.2. The molecule has 2 rings (SSSR count). The average Bonchev–Trinajstić information content (AvgIpc) is 2.70. The van der Waals surface area contributed by atoms with Gasteiger partial charge in [0.15, 0.2) is 0 Å². The molecule has 0 bridgehead atoms. The van der Waals surface area contributed by atoms with Crippen molar-refractivity contribution in [1.29, 1.82) is 0 Å². The van der Waals surface area contributed by atoms with Crippen molar-refractivity contribution in [2.45, 2.75) is 64.0 Å². The third kappa shape index (κ3) is 2.79. The van der Waals surface area contributed by atoms with E-state index in [9.17, 15) is 9.59 Å². The zero-order chi connectivity index (χ0) is 12.3. The van der Waals surface area contributed by atoms with Crippen LogP contribution in [0.1, 0.15) is 51.9 Å². The SMILES string of the molecule is CCOC(=O)CCC1CCCC2CCC(=O)N12. The van der Waals surface area contributed by atoms with Crippen molar-refractivity contribution in [2.24, 2.45) is 0 Å². The predicted octanol–water partition coefficient (Wildman–Crippen LogP) is 1.87. The van der Waals surface area contributed by atoms with Crippen LogP contribution in [0.4, 0.5) is 0 Å². The number of nitrogens with zero attached hydrogens (tertiary/aromatic N) is 1. The molecule has 17 heavy (non-hydrogen) atoms. The average molecular weight is 239 g/mol. The van der Waals surface area contributed by atoms with Crippen molar-refractivity contribution in [1.82, 2.24) is 4.90 Å². The van der Waals surface area contributed by atoms with E-state index in [1.165, 1.54) is 6.42 Å². The van der Waals surface area contributed by atoms with Gasteiger partial charge in [-0.15, -0.1) is 0 Å². The van der Waals surface area contributed by atoms with E-state index in [1.807, 2.05) is 11.8 Å². The standard InChI is InChI=1S/C13H21NO3/c1-2-17-13(16)9-7-11-5-3-4-10-6-8-12(15)14(10)11/h10-11H,2-9H2,1H3. The number of carbonyl (C=O) groups excluding carboxylic acids is 2. The van der Waals surface area contributed by atoms with Gasteiger partial charge in [0.1, 0.15) is 0 Å². The summed E-state index contributed by atoms with van der Waals surface area (Å²) < 4.78 is 4.93. The molecule has 1 amide bonds. The molecule has 0 aromatic rings. The van der Waals surface area contributed by atoms with Gasteiger partial charge in [-0.3, -0.25) is 9.59 Å². The maximum atomic E-state index is 11.8. The molecule has 4 nitrogen and oxygen atoms in total. The maximum Gasteiger partial charge on any atom is 0.305 e. The summed E-state index contributed by atoms with van der Waals surface area (Å²) in [6, 6.07) is 0.719. The molecular formula is C13H21NO3. The number of esters is 1. The van der Waals surface area contributed by atoms with Gasteiger partial charge in [0.25, 0.3) is 0 Å². The molecule has 0 aromatic heterocycles. The van der Waals surface area contributed by atoms with Crippen molar-refractivity contribution in [3.05, 3.63) is 0 Å². The fourth-order valence-corrected chi connectivity index (χ4v) is 3.08. The van der Waals surface area contributed by atoms with Crippen LogP contribution in [-0.4, -0.2) is 35.5 Å². The number of piperidine rings is 1. The highest BCUT2D eigenvalue weighted by molar-refractivity contribution is 5.79. The fraction of sp³-hybridized carbons (Fsp3) is 0.846. The monoisotopic (exact) mass is 239 g/mol. The molecule has 96 valence electrons. The number of fused-ring (bicyclic) bond motifs is 1. The minimum absolute atomic E-state index is 0.138. The second-order valence-corrected chi connectivity index (χ2v) is 4.92. The molecule has 0 spiro atoms. The van der Waals surface area contributed by atoms with Crippen molar-refractivity contribution in [3.8, 4) is 0 Å². The second kappa shape index (κ2) is 5.52. The molecule has 0 N–H and O–H groups in total. The first kappa shape index (κ1) is 12.4. The van der Waals surface area contributed by atoms with Crippen LogP contribution in [-0.2, 0) is 14.3 Å². The number of hydrogen-bond donors (Lipinski definition) is 0. The van der Waals surface area contributed by atoms with Gasteiger partial charge < -0.3 is 9.64 Å². The zero-order valence-electron chi connectivity index (χ0n) is 10.5. The van der Waals surface area contributed by atoms with Gasteiger partial charge in [0, 0.05) is 24.9 Å². The zero-order valence-corrected chi connectivity index (χ0v) is 10.5. The Morgan fingerprint density at radius 1 is 1.41 bits per heavy atom. The summed E-state index contributed by atoms with van der Waals surface area (Å²) in [5.41, 5.74) is 0. The Bertz CT molecular complexity index is 303. The molecule has 0 aromatic carbocycles. The van der Waals surface area contributed by atoms with Gasteiger partial charge in [-0.2, -0.15) is 0 Å². The van der Waals surface area contributed by atoms with Gasteiger partial charge >= 0.3 is 5.97 Å². The van der Waals surface area contributed by atoms with Crippen molar-refractivity contribution in [2.75, 3.05) is 6.61 Å². The molecule has 0 saturated carbocycles. The quantitative estimate of drug-likeness (QED) is 0.704. The summed E-state index contributed by atoms with van der Waals surface area (Å²) in [7, 11) is 0. The lowest BCUT2D eigenvalue weighted by Gasteiger charge is -2.37. The number of hydrogen-bond acceptors (Lipinski definition) is 3. The van der Waals surface area contributed by atoms with Crippen LogP contribution in [0.15, 0.2) is 0 Å². The first-order valence-electron chi connectivity index (χ1n) is 6.69. The molecule has 0 radical (unpaired) electrons. The van der Waals surface area contributed by atoms with E-state index in [0.29, 0.717) is 25.5 Å². The molecule has 2 aliphatic rings. The van der Waals surface area contributed by atoms with Gasteiger partial charge in [0.05, 0.1) is 6.61 Å². The lowest BCUT2D eigenvalue weighted by molar-refractivity contribution is -0.144. The van der Waals surface area contributed by atoms with Crippen LogP contribution in [0.2, 0.25) is 0 Å². The van der Waals surface area contributed by atoms with E-state index in [-0.39, 0.29) is 17.9 Å². The smallest absolute Gasteiger partial charge is 0.305 e. The van der Waals surface area contributed by atoms with Gasteiger partial charge in [0.2, 0.25) is 5.91 Å². The van der Waals surface area contributed by atoms with E-state index >= 15 is 0 Å². The second-order valence-electron chi connectivity index (χ2n) is 4.92. The topological polar surface area (TPSA) is 46.6 Å². The highest BCUT2D eigenvalue weighted by atomic mass is 16.5. The Balaban J connectivity index is 1.86. The number of amides is 1. The number of rotatable bonds is 4.